The number of hydrogen-bond donors (Lipinski definition) is 1. The Hall–Kier alpha value is -3.49. The number of ether oxygens (including phenoxy) is 1. The van der Waals surface area contributed by atoms with Crippen molar-refractivity contribution in [3.05, 3.63) is 67.8 Å². The summed E-state index contributed by atoms with van der Waals surface area (Å²) in [4.78, 5) is 48.3. The number of likely N-dealkylation sites (tertiary alicyclic amines) is 1. The topological polar surface area (TPSA) is 90.4 Å². The van der Waals surface area contributed by atoms with Gasteiger partial charge in [0.2, 0.25) is 11.8 Å². The van der Waals surface area contributed by atoms with Gasteiger partial charge in [-0.05, 0) is 55.0 Å². The summed E-state index contributed by atoms with van der Waals surface area (Å²) in [5, 5.41) is 11.3. The van der Waals surface area contributed by atoms with Gasteiger partial charge in [0.25, 0.3) is 5.91 Å². The van der Waals surface area contributed by atoms with Crippen molar-refractivity contribution in [2.45, 2.75) is 63.2 Å². The Kier molecular flexibility index (Phi) is 8.82. The number of benzene rings is 2. The van der Waals surface area contributed by atoms with Crippen molar-refractivity contribution in [2.75, 3.05) is 38.2 Å². The summed E-state index contributed by atoms with van der Waals surface area (Å²) in [5.74, 6) is -2.03. The zero-order valence-corrected chi connectivity index (χ0v) is 25.7. The molecule has 2 aromatic rings. The molecule has 0 aromatic heterocycles. The lowest BCUT2D eigenvalue weighted by atomic mass is 9.62. The monoisotopic (exact) mass is 587 g/mol. The van der Waals surface area contributed by atoms with E-state index in [1.165, 1.54) is 0 Å². The Morgan fingerprint density at radius 2 is 1.74 bits per heavy atom. The molecule has 3 unspecified atom stereocenters. The van der Waals surface area contributed by atoms with Crippen molar-refractivity contribution in [1.29, 1.82) is 0 Å². The average molecular weight is 588 g/mol. The summed E-state index contributed by atoms with van der Waals surface area (Å²) < 4.78 is 6.92. The molecule has 5 rings (SSSR count). The Morgan fingerprint density at radius 3 is 2.44 bits per heavy atom. The van der Waals surface area contributed by atoms with Gasteiger partial charge in [-0.1, -0.05) is 62.2 Å². The van der Waals surface area contributed by atoms with Gasteiger partial charge in [-0.25, -0.2) is 0 Å². The summed E-state index contributed by atoms with van der Waals surface area (Å²) in [7, 11) is 1.73. The van der Waals surface area contributed by atoms with Crippen LogP contribution in [-0.2, 0) is 19.1 Å². The molecule has 2 aromatic carbocycles. The van der Waals surface area contributed by atoms with Crippen LogP contribution in [0.2, 0.25) is 0 Å². The molecule has 2 bridgehead atoms. The van der Waals surface area contributed by atoms with Gasteiger partial charge in [0.15, 0.2) is 0 Å². The molecule has 3 aliphatic heterocycles. The third-order valence-corrected chi connectivity index (χ3v) is 10.0. The van der Waals surface area contributed by atoms with Gasteiger partial charge in [0.1, 0.15) is 11.6 Å². The lowest BCUT2D eigenvalue weighted by Crippen LogP contribution is -2.57. The van der Waals surface area contributed by atoms with Crippen LogP contribution >= 0.6 is 0 Å². The molecule has 43 heavy (non-hydrogen) atoms. The molecule has 8 nitrogen and oxygen atoms in total. The number of aliphatic hydroxyl groups excluding tert-OH is 1. The van der Waals surface area contributed by atoms with Crippen molar-refractivity contribution in [1.82, 2.24) is 9.80 Å². The minimum atomic E-state index is -1.11. The molecular formula is C35H45N3O5. The van der Waals surface area contributed by atoms with Gasteiger partial charge < -0.3 is 24.5 Å². The Labute approximate surface area is 255 Å². The van der Waals surface area contributed by atoms with Gasteiger partial charge in [-0.2, -0.15) is 0 Å². The van der Waals surface area contributed by atoms with Crippen molar-refractivity contribution in [3.8, 4) is 0 Å². The van der Waals surface area contributed by atoms with Gasteiger partial charge in [-0.3, -0.25) is 14.4 Å². The molecule has 3 aliphatic rings. The zero-order valence-electron chi connectivity index (χ0n) is 25.7. The molecule has 3 fully saturated rings. The molecule has 3 saturated heterocycles. The van der Waals surface area contributed by atoms with Gasteiger partial charge >= 0.3 is 0 Å². The fourth-order valence-corrected chi connectivity index (χ4v) is 7.85. The maximum atomic E-state index is 14.9. The van der Waals surface area contributed by atoms with E-state index in [4.69, 9.17) is 4.74 Å². The number of likely N-dealkylation sites (N-methyl/N-ethyl adjacent to an activating group) is 1. The van der Waals surface area contributed by atoms with Crippen molar-refractivity contribution in [2.24, 2.45) is 17.8 Å². The second-order valence-corrected chi connectivity index (χ2v) is 12.6. The lowest BCUT2D eigenvalue weighted by molar-refractivity contribution is -0.150. The molecule has 0 saturated carbocycles. The standard InChI is InChI=1S/C35H45N3O5/c1-6-18-36(5)31(40)28-29-32(41)38(20-12-8-9-13-21-39)30(35(29)23-24(3)34(28,4)43-35)33(42)37(19-7-2)27-17-16-25-14-10-11-15-26(25)22-27/h6-7,10-11,14-17,22,24,28-30,39H,1-2,8-9,12-13,18-21,23H2,3-5H3/t24?,28-,29-,30?,34+,35?/m0/s1. The maximum Gasteiger partial charge on any atom is 0.253 e. The molecule has 1 spiro atoms. The average Bonchev–Trinajstić information content (AvgIpc) is 3.51. The maximum absolute atomic E-state index is 14.9. The minimum Gasteiger partial charge on any atom is -0.396 e. The second-order valence-electron chi connectivity index (χ2n) is 12.6. The third kappa shape index (κ3) is 5.08. The van der Waals surface area contributed by atoms with E-state index in [2.05, 4.69) is 20.1 Å². The minimum absolute atomic E-state index is 0.0315. The number of carbonyl (C=O) groups excluding carboxylic acids is 3. The summed E-state index contributed by atoms with van der Waals surface area (Å²) in [6, 6.07) is 13.1. The number of carbonyl (C=O) groups is 3. The molecule has 3 amide bonds. The molecule has 0 aliphatic carbocycles. The van der Waals surface area contributed by atoms with Crippen LogP contribution in [0.1, 0.15) is 46.0 Å². The van der Waals surface area contributed by atoms with E-state index in [9.17, 15) is 19.5 Å². The number of aliphatic hydroxyl groups is 1. The number of anilines is 1. The summed E-state index contributed by atoms with van der Waals surface area (Å²) in [6.07, 6.45) is 6.94. The van der Waals surface area contributed by atoms with E-state index in [1.54, 1.807) is 33.9 Å². The SMILES string of the molecule is C=CCN(C)C(=O)[C@@H]1[C@H]2C(=O)N(CCCCCCO)C(C(=O)N(CC=C)c3ccc4ccccc4c3)C23CC(C)[C@@]1(C)O3. The molecule has 3 heterocycles. The number of fused-ring (bicyclic) bond motifs is 2. The van der Waals surface area contributed by atoms with Crippen LogP contribution in [0.4, 0.5) is 5.69 Å². The zero-order chi connectivity index (χ0) is 30.9. The normalized spacial score (nSPS) is 29.1. The molecule has 230 valence electrons. The van der Waals surface area contributed by atoms with Crippen LogP contribution in [0, 0.1) is 17.8 Å². The van der Waals surface area contributed by atoms with Gasteiger partial charge in [0.05, 0.1) is 17.4 Å². The first-order valence-electron chi connectivity index (χ1n) is 15.5. The number of amides is 3. The molecule has 8 heteroatoms. The molecular weight excluding hydrogens is 542 g/mol. The van der Waals surface area contributed by atoms with Gasteiger partial charge in [0, 0.05) is 39.0 Å². The number of nitrogens with zero attached hydrogens (tertiary/aromatic N) is 3. The first-order chi connectivity index (χ1) is 20.6. The highest BCUT2D eigenvalue weighted by molar-refractivity contribution is 6.06. The fraction of sp³-hybridized carbons (Fsp3) is 0.514. The Balaban J connectivity index is 1.57. The highest BCUT2D eigenvalue weighted by Crippen LogP contribution is 2.65. The third-order valence-electron chi connectivity index (χ3n) is 10.0. The van der Waals surface area contributed by atoms with E-state index in [1.807, 2.05) is 49.4 Å². The van der Waals surface area contributed by atoms with Crippen LogP contribution in [0.25, 0.3) is 10.8 Å². The van der Waals surface area contributed by atoms with Crippen molar-refractivity contribution < 1.29 is 24.2 Å². The first-order valence-corrected chi connectivity index (χ1v) is 15.5. The number of rotatable bonds is 13. The number of unbranched alkanes of at least 4 members (excludes halogenated alkanes) is 3. The van der Waals surface area contributed by atoms with E-state index < -0.39 is 29.1 Å². The van der Waals surface area contributed by atoms with Gasteiger partial charge in [-0.15, -0.1) is 13.2 Å². The highest BCUT2D eigenvalue weighted by atomic mass is 16.5. The van der Waals surface area contributed by atoms with E-state index in [-0.39, 0.29) is 36.8 Å². The highest BCUT2D eigenvalue weighted by Gasteiger charge is 2.80. The van der Waals surface area contributed by atoms with Crippen LogP contribution in [0.3, 0.4) is 0 Å². The quantitative estimate of drug-likeness (QED) is 0.274. The predicted octanol–water partition coefficient (Wildman–Crippen LogP) is 4.57. The Bertz CT molecular complexity index is 1410. The lowest BCUT2D eigenvalue weighted by Gasteiger charge is -2.38. The van der Waals surface area contributed by atoms with Crippen molar-refractivity contribution >= 4 is 34.2 Å². The summed E-state index contributed by atoms with van der Waals surface area (Å²) >= 11 is 0. The van der Waals surface area contributed by atoms with Crippen LogP contribution in [0.5, 0.6) is 0 Å². The van der Waals surface area contributed by atoms with Crippen LogP contribution < -0.4 is 4.90 Å². The molecule has 1 N–H and O–H groups in total. The summed E-state index contributed by atoms with van der Waals surface area (Å²) in [6.45, 7) is 12.9. The van der Waals surface area contributed by atoms with Crippen LogP contribution in [0.15, 0.2) is 67.8 Å². The van der Waals surface area contributed by atoms with E-state index in [0.29, 0.717) is 32.4 Å². The predicted molar refractivity (Wildman–Crippen MR) is 168 cm³/mol. The molecule has 6 atom stereocenters. The summed E-state index contributed by atoms with van der Waals surface area (Å²) in [5.41, 5.74) is -1.26. The fourth-order valence-electron chi connectivity index (χ4n) is 7.85. The smallest absolute Gasteiger partial charge is 0.253 e. The largest absolute Gasteiger partial charge is 0.396 e. The van der Waals surface area contributed by atoms with Crippen molar-refractivity contribution in [3.63, 3.8) is 0 Å². The second kappa shape index (κ2) is 12.2. The first kappa shape index (κ1) is 31.0. The molecule has 0 radical (unpaired) electrons. The van der Waals surface area contributed by atoms with E-state index >= 15 is 0 Å². The van der Waals surface area contributed by atoms with Crippen LogP contribution in [-0.4, -0.2) is 83.2 Å². The Morgan fingerprint density at radius 1 is 1.05 bits per heavy atom. The number of hydrogen-bond acceptors (Lipinski definition) is 5. The van der Waals surface area contributed by atoms with E-state index in [0.717, 1.165) is 29.3 Å².